The van der Waals surface area contributed by atoms with Gasteiger partial charge < -0.3 is 10.6 Å². The molecule has 19 heavy (non-hydrogen) atoms. The summed E-state index contributed by atoms with van der Waals surface area (Å²) < 4.78 is 0. The van der Waals surface area contributed by atoms with Gasteiger partial charge in [0.1, 0.15) is 0 Å². The standard InChI is InChI=1S/C15H31N3O/c1-4-14(5-2)17-15(19)12-18(6-3)11-13-7-9-16-10-8-13/h13-14,16H,4-12H2,1-3H3,(H,17,19). The molecule has 0 spiro atoms. The minimum atomic E-state index is 0.185. The zero-order valence-corrected chi connectivity index (χ0v) is 12.9. The highest BCUT2D eigenvalue weighted by Crippen LogP contribution is 2.13. The van der Waals surface area contributed by atoms with Gasteiger partial charge in [0, 0.05) is 12.6 Å². The summed E-state index contributed by atoms with van der Waals surface area (Å²) in [6.07, 6.45) is 4.51. The first-order chi connectivity index (χ1) is 9.19. The van der Waals surface area contributed by atoms with Gasteiger partial charge in [-0.15, -0.1) is 0 Å². The average molecular weight is 269 g/mol. The van der Waals surface area contributed by atoms with Crippen LogP contribution in [0.5, 0.6) is 0 Å². The minimum Gasteiger partial charge on any atom is -0.352 e. The van der Waals surface area contributed by atoms with Crippen LogP contribution in [-0.2, 0) is 4.79 Å². The van der Waals surface area contributed by atoms with Gasteiger partial charge in [-0.3, -0.25) is 9.69 Å². The summed E-state index contributed by atoms with van der Waals surface area (Å²) >= 11 is 0. The van der Waals surface area contributed by atoms with E-state index in [0.717, 1.165) is 44.9 Å². The van der Waals surface area contributed by atoms with Gasteiger partial charge in [0.05, 0.1) is 6.54 Å². The Kier molecular flexibility index (Phi) is 8.07. The Morgan fingerprint density at radius 1 is 1.26 bits per heavy atom. The van der Waals surface area contributed by atoms with Crippen molar-refractivity contribution in [1.82, 2.24) is 15.5 Å². The predicted octanol–water partition coefficient (Wildman–Crippen LogP) is 1.61. The summed E-state index contributed by atoms with van der Waals surface area (Å²) in [4.78, 5) is 14.3. The van der Waals surface area contributed by atoms with E-state index in [1.807, 2.05) is 0 Å². The molecule has 0 atom stereocenters. The normalized spacial score (nSPS) is 17.1. The van der Waals surface area contributed by atoms with Crippen LogP contribution in [0.3, 0.4) is 0 Å². The second-order valence-corrected chi connectivity index (χ2v) is 5.60. The van der Waals surface area contributed by atoms with E-state index < -0.39 is 0 Å². The van der Waals surface area contributed by atoms with Crippen LogP contribution in [0.4, 0.5) is 0 Å². The van der Waals surface area contributed by atoms with Gasteiger partial charge in [0.25, 0.3) is 0 Å². The molecule has 4 heteroatoms. The number of nitrogens with zero attached hydrogens (tertiary/aromatic N) is 1. The topological polar surface area (TPSA) is 44.4 Å². The fourth-order valence-corrected chi connectivity index (χ4v) is 2.70. The van der Waals surface area contributed by atoms with Gasteiger partial charge in [0.15, 0.2) is 0 Å². The molecule has 1 amide bonds. The molecule has 112 valence electrons. The number of carbonyl (C=O) groups is 1. The number of rotatable bonds is 8. The van der Waals surface area contributed by atoms with E-state index in [-0.39, 0.29) is 5.91 Å². The van der Waals surface area contributed by atoms with Crippen molar-refractivity contribution < 1.29 is 4.79 Å². The van der Waals surface area contributed by atoms with E-state index >= 15 is 0 Å². The molecule has 1 rings (SSSR count). The maximum atomic E-state index is 12.0. The molecule has 0 aromatic carbocycles. The van der Waals surface area contributed by atoms with Gasteiger partial charge in [-0.25, -0.2) is 0 Å². The van der Waals surface area contributed by atoms with Crippen LogP contribution in [0, 0.1) is 5.92 Å². The Hall–Kier alpha value is -0.610. The lowest BCUT2D eigenvalue weighted by atomic mass is 9.97. The third-order valence-corrected chi connectivity index (χ3v) is 4.14. The first-order valence-corrected chi connectivity index (χ1v) is 7.91. The fourth-order valence-electron chi connectivity index (χ4n) is 2.70. The molecule has 0 aliphatic carbocycles. The summed E-state index contributed by atoms with van der Waals surface area (Å²) in [7, 11) is 0. The second-order valence-electron chi connectivity index (χ2n) is 5.60. The van der Waals surface area contributed by atoms with Crippen LogP contribution >= 0.6 is 0 Å². The quantitative estimate of drug-likeness (QED) is 0.704. The van der Waals surface area contributed by atoms with Crippen LogP contribution in [0.1, 0.15) is 46.5 Å². The SMILES string of the molecule is CCC(CC)NC(=O)CN(CC)CC1CCNCC1. The molecule has 4 nitrogen and oxygen atoms in total. The first kappa shape index (κ1) is 16.4. The highest BCUT2D eigenvalue weighted by Gasteiger charge is 2.18. The average Bonchev–Trinajstić information content (AvgIpc) is 2.45. The maximum Gasteiger partial charge on any atom is 0.234 e. The summed E-state index contributed by atoms with van der Waals surface area (Å²) in [5.41, 5.74) is 0. The van der Waals surface area contributed by atoms with E-state index in [0.29, 0.717) is 12.6 Å². The lowest BCUT2D eigenvalue weighted by Crippen LogP contribution is -2.44. The van der Waals surface area contributed by atoms with Crippen LogP contribution in [0.15, 0.2) is 0 Å². The van der Waals surface area contributed by atoms with Gasteiger partial charge in [-0.05, 0) is 51.2 Å². The highest BCUT2D eigenvalue weighted by molar-refractivity contribution is 5.78. The monoisotopic (exact) mass is 269 g/mol. The van der Waals surface area contributed by atoms with Crippen LogP contribution < -0.4 is 10.6 Å². The molecule has 0 aromatic rings. The molecule has 0 radical (unpaired) electrons. The maximum absolute atomic E-state index is 12.0. The molecule has 0 bridgehead atoms. The third kappa shape index (κ3) is 6.39. The smallest absolute Gasteiger partial charge is 0.234 e. The summed E-state index contributed by atoms with van der Waals surface area (Å²) in [6.45, 7) is 11.2. The lowest BCUT2D eigenvalue weighted by molar-refractivity contribution is -0.123. The number of piperidine rings is 1. The highest BCUT2D eigenvalue weighted by atomic mass is 16.2. The van der Waals surface area contributed by atoms with Crippen molar-refractivity contribution in [2.24, 2.45) is 5.92 Å². The van der Waals surface area contributed by atoms with Crippen LogP contribution in [0.2, 0.25) is 0 Å². The first-order valence-electron chi connectivity index (χ1n) is 7.91. The number of carbonyl (C=O) groups excluding carboxylic acids is 1. The second kappa shape index (κ2) is 9.32. The molecular formula is C15H31N3O. The molecule has 1 aliphatic heterocycles. The molecule has 1 fully saturated rings. The van der Waals surface area contributed by atoms with Crippen molar-refractivity contribution >= 4 is 5.91 Å². The van der Waals surface area contributed by atoms with Crippen molar-refractivity contribution in [3.63, 3.8) is 0 Å². The predicted molar refractivity (Wildman–Crippen MR) is 80.2 cm³/mol. The molecular weight excluding hydrogens is 238 g/mol. The van der Waals surface area contributed by atoms with Gasteiger partial charge in [-0.1, -0.05) is 20.8 Å². The van der Waals surface area contributed by atoms with Crippen molar-refractivity contribution in [1.29, 1.82) is 0 Å². The Labute approximate surface area is 118 Å². The largest absolute Gasteiger partial charge is 0.352 e. The molecule has 0 saturated carbocycles. The Morgan fingerprint density at radius 2 is 1.89 bits per heavy atom. The molecule has 1 heterocycles. The summed E-state index contributed by atoms with van der Waals surface area (Å²) in [5.74, 6) is 0.937. The molecule has 2 N–H and O–H groups in total. The van der Waals surface area contributed by atoms with Gasteiger partial charge in [-0.2, -0.15) is 0 Å². The van der Waals surface area contributed by atoms with Crippen molar-refractivity contribution in [2.45, 2.75) is 52.5 Å². The number of amides is 1. The van der Waals surface area contributed by atoms with Gasteiger partial charge >= 0.3 is 0 Å². The number of likely N-dealkylation sites (N-methyl/N-ethyl adjacent to an activating group) is 1. The minimum absolute atomic E-state index is 0.185. The molecule has 1 saturated heterocycles. The number of nitrogens with one attached hydrogen (secondary N) is 2. The fraction of sp³-hybridized carbons (Fsp3) is 0.933. The van der Waals surface area contributed by atoms with E-state index in [4.69, 9.17) is 0 Å². The van der Waals surface area contributed by atoms with Crippen LogP contribution in [-0.4, -0.2) is 49.6 Å². The van der Waals surface area contributed by atoms with Crippen LogP contribution in [0.25, 0.3) is 0 Å². The van der Waals surface area contributed by atoms with Crippen molar-refractivity contribution in [3.05, 3.63) is 0 Å². The Bertz CT molecular complexity index is 248. The van der Waals surface area contributed by atoms with Crippen molar-refractivity contribution in [2.75, 3.05) is 32.7 Å². The molecule has 0 aromatic heterocycles. The summed E-state index contributed by atoms with van der Waals surface area (Å²) in [5, 5.41) is 6.52. The third-order valence-electron chi connectivity index (χ3n) is 4.14. The van der Waals surface area contributed by atoms with Crippen molar-refractivity contribution in [3.8, 4) is 0 Å². The molecule has 0 unspecified atom stereocenters. The molecule has 1 aliphatic rings. The van der Waals surface area contributed by atoms with E-state index in [9.17, 15) is 4.79 Å². The Balaban J connectivity index is 2.31. The zero-order chi connectivity index (χ0) is 14.1. The van der Waals surface area contributed by atoms with E-state index in [1.54, 1.807) is 0 Å². The number of hydrogen-bond donors (Lipinski definition) is 2. The zero-order valence-electron chi connectivity index (χ0n) is 12.9. The van der Waals surface area contributed by atoms with E-state index in [1.165, 1.54) is 12.8 Å². The van der Waals surface area contributed by atoms with Gasteiger partial charge in [0.2, 0.25) is 5.91 Å². The lowest BCUT2D eigenvalue weighted by Gasteiger charge is -2.29. The Morgan fingerprint density at radius 3 is 2.42 bits per heavy atom. The van der Waals surface area contributed by atoms with E-state index in [2.05, 4.69) is 36.3 Å². The summed E-state index contributed by atoms with van der Waals surface area (Å²) in [6, 6.07) is 0.338. The number of hydrogen-bond acceptors (Lipinski definition) is 3.